The first-order valence-electron chi connectivity index (χ1n) is 6.82. The zero-order valence-electron chi connectivity index (χ0n) is 12.8. The maximum absolute atomic E-state index is 11.9. The molecule has 0 bridgehead atoms. The van der Waals surface area contributed by atoms with Gasteiger partial charge in [0.2, 0.25) is 5.91 Å². The Hall–Kier alpha value is -2.14. The second-order valence-electron chi connectivity index (χ2n) is 4.64. The smallest absolute Gasteiger partial charge is 0.251 e. The molecule has 0 fully saturated rings. The molecule has 0 aromatic heterocycles. The summed E-state index contributed by atoms with van der Waals surface area (Å²) in [5.41, 5.74) is 1.47. The highest BCUT2D eigenvalue weighted by atomic mass is 16.5. The number of hydrogen-bond acceptors (Lipinski definition) is 3. The summed E-state index contributed by atoms with van der Waals surface area (Å²) in [6.45, 7) is 1.30. The van der Waals surface area contributed by atoms with E-state index in [1.165, 1.54) is 6.08 Å². The molecule has 1 aromatic carbocycles. The van der Waals surface area contributed by atoms with Crippen molar-refractivity contribution in [3.63, 3.8) is 0 Å². The van der Waals surface area contributed by atoms with Gasteiger partial charge in [-0.25, -0.2) is 0 Å². The number of hydrogen-bond donors (Lipinski definition) is 1. The highest BCUT2D eigenvalue weighted by Gasteiger charge is 2.04. The number of rotatable bonds is 7. The van der Waals surface area contributed by atoms with Gasteiger partial charge in [0.1, 0.15) is 0 Å². The fourth-order valence-corrected chi connectivity index (χ4v) is 1.74. The lowest BCUT2D eigenvalue weighted by Gasteiger charge is -2.14. The summed E-state index contributed by atoms with van der Waals surface area (Å²) in [4.78, 5) is 24.9. The van der Waals surface area contributed by atoms with Gasteiger partial charge in [0.25, 0.3) is 5.91 Å². The number of ether oxygens (including phenoxy) is 1. The van der Waals surface area contributed by atoms with Crippen LogP contribution in [0, 0.1) is 0 Å². The lowest BCUT2D eigenvalue weighted by Crippen LogP contribution is -2.26. The number of carbonyl (C=O) groups is 2. The molecule has 0 radical (unpaired) electrons. The van der Waals surface area contributed by atoms with Crippen LogP contribution in [0.1, 0.15) is 22.3 Å². The Labute approximate surface area is 125 Å². The van der Waals surface area contributed by atoms with E-state index in [1.54, 1.807) is 56.4 Å². The van der Waals surface area contributed by atoms with Crippen LogP contribution in [0.15, 0.2) is 30.3 Å². The van der Waals surface area contributed by atoms with Crippen molar-refractivity contribution in [1.29, 1.82) is 0 Å². The molecule has 0 heterocycles. The first-order chi connectivity index (χ1) is 10.1. The van der Waals surface area contributed by atoms with Gasteiger partial charge in [-0.3, -0.25) is 9.59 Å². The molecule has 114 valence electrons. The minimum Gasteiger partial charge on any atom is -0.385 e. The van der Waals surface area contributed by atoms with Crippen LogP contribution in [0.25, 0.3) is 6.08 Å². The maximum atomic E-state index is 11.9. The molecule has 0 spiro atoms. The third-order valence-electron chi connectivity index (χ3n) is 3.04. The molecular weight excluding hydrogens is 268 g/mol. The van der Waals surface area contributed by atoms with Gasteiger partial charge in [-0.1, -0.05) is 12.1 Å². The summed E-state index contributed by atoms with van der Waals surface area (Å²) in [5.74, 6) is -0.180. The summed E-state index contributed by atoms with van der Waals surface area (Å²) < 4.78 is 4.95. The van der Waals surface area contributed by atoms with E-state index in [9.17, 15) is 9.59 Å². The molecule has 1 N–H and O–H groups in total. The van der Waals surface area contributed by atoms with Gasteiger partial charge in [0.05, 0.1) is 0 Å². The Bertz CT molecular complexity index is 495. The molecule has 5 heteroatoms. The summed E-state index contributed by atoms with van der Waals surface area (Å²) in [6, 6.07) is 7.06. The zero-order chi connectivity index (χ0) is 15.7. The molecule has 0 saturated heterocycles. The topological polar surface area (TPSA) is 58.6 Å². The lowest BCUT2D eigenvalue weighted by molar-refractivity contribution is -0.124. The Kier molecular flexibility index (Phi) is 7.18. The summed E-state index contributed by atoms with van der Waals surface area (Å²) in [5, 5.41) is 2.56. The third kappa shape index (κ3) is 5.79. The van der Waals surface area contributed by atoms with E-state index in [-0.39, 0.29) is 11.8 Å². The van der Waals surface area contributed by atoms with Crippen LogP contribution in [-0.2, 0) is 9.53 Å². The molecule has 0 atom stereocenters. The number of amides is 2. The van der Waals surface area contributed by atoms with Crippen LogP contribution < -0.4 is 5.32 Å². The van der Waals surface area contributed by atoms with Crippen molar-refractivity contribution in [2.75, 3.05) is 34.4 Å². The number of likely N-dealkylation sites (N-methyl/N-ethyl adjacent to an activating group) is 1. The molecule has 0 saturated carbocycles. The minimum absolute atomic E-state index is 0.0542. The highest BCUT2D eigenvalue weighted by molar-refractivity contribution is 5.94. The number of benzene rings is 1. The SMILES string of the molecule is CNC(=O)c1ccc(/C=C/C(=O)N(C)CCCOC)cc1. The van der Waals surface area contributed by atoms with Crippen LogP contribution in [0.5, 0.6) is 0 Å². The quantitative estimate of drug-likeness (QED) is 0.612. The van der Waals surface area contributed by atoms with Crippen molar-refractivity contribution in [3.05, 3.63) is 41.5 Å². The highest BCUT2D eigenvalue weighted by Crippen LogP contribution is 2.06. The van der Waals surface area contributed by atoms with E-state index in [4.69, 9.17) is 4.74 Å². The Balaban J connectivity index is 2.55. The lowest BCUT2D eigenvalue weighted by atomic mass is 10.1. The van der Waals surface area contributed by atoms with Crippen molar-refractivity contribution >= 4 is 17.9 Å². The fourth-order valence-electron chi connectivity index (χ4n) is 1.74. The van der Waals surface area contributed by atoms with Crippen LogP contribution in [-0.4, -0.2) is 51.1 Å². The number of nitrogens with one attached hydrogen (secondary N) is 1. The van der Waals surface area contributed by atoms with E-state index in [2.05, 4.69) is 5.32 Å². The van der Waals surface area contributed by atoms with Gasteiger partial charge in [-0.2, -0.15) is 0 Å². The van der Waals surface area contributed by atoms with E-state index < -0.39 is 0 Å². The summed E-state index contributed by atoms with van der Waals surface area (Å²) in [7, 11) is 5.00. The first kappa shape index (κ1) is 16.9. The van der Waals surface area contributed by atoms with Gasteiger partial charge in [-0.05, 0) is 30.2 Å². The van der Waals surface area contributed by atoms with Crippen molar-refractivity contribution in [3.8, 4) is 0 Å². The second kappa shape index (κ2) is 8.92. The van der Waals surface area contributed by atoms with Crippen molar-refractivity contribution < 1.29 is 14.3 Å². The Morgan fingerprint density at radius 3 is 2.52 bits per heavy atom. The molecule has 0 aliphatic carbocycles. The molecule has 1 rings (SSSR count). The summed E-state index contributed by atoms with van der Waals surface area (Å²) >= 11 is 0. The number of methoxy groups -OCH3 is 1. The molecule has 0 unspecified atom stereocenters. The predicted octanol–water partition coefficient (Wildman–Crippen LogP) is 1.55. The molecular formula is C16H22N2O3. The van der Waals surface area contributed by atoms with Crippen LogP contribution >= 0.6 is 0 Å². The largest absolute Gasteiger partial charge is 0.385 e. The van der Waals surface area contributed by atoms with Crippen LogP contribution in [0.4, 0.5) is 0 Å². The van der Waals surface area contributed by atoms with E-state index in [1.807, 2.05) is 0 Å². The van der Waals surface area contributed by atoms with Gasteiger partial charge in [0.15, 0.2) is 0 Å². The monoisotopic (exact) mass is 290 g/mol. The zero-order valence-corrected chi connectivity index (χ0v) is 12.8. The number of nitrogens with zero attached hydrogens (tertiary/aromatic N) is 1. The standard InChI is InChI=1S/C16H22N2O3/c1-17-16(20)14-8-5-13(6-9-14)7-10-15(19)18(2)11-4-12-21-3/h5-10H,4,11-12H2,1-3H3,(H,17,20)/b10-7+. The predicted molar refractivity (Wildman–Crippen MR) is 83.0 cm³/mol. The van der Waals surface area contributed by atoms with Crippen LogP contribution in [0.2, 0.25) is 0 Å². The second-order valence-corrected chi connectivity index (χ2v) is 4.64. The maximum Gasteiger partial charge on any atom is 0.251 e. The Morgan fingerprint density at radius 2 is 1.95 bits per heavy atom. The summed E-state index contributed by atoms with van der Waals surface area (Å²) in [6.07, 6.45) is 4.08. The minimum atomic E-state index is -0.125. The molecule has 5 nitrogen and oxygen atoms in total. The molecule has 0 aliphatic rings. The van der Waals surface area contributed by atoms with Gasteiger partial charge in [0, 0.05) is 46.0 Å². The Morgan fingerprint density at radius 1 is 1.29 bits per heavy atom. The first-order valence-corrected chi connectivity index (χ1v) is 6.82. The van der Waals surface area contributed by atoms with Crippen molar-refractivity contribution in [2.24, 2.45) is 0 Å². The van der Waals surface area contributed by atoms with Crippen LogP contribution in [0.3, 0.4) is 0 Å². The van der Waals surface area contributed by atoms with E-state index >= 15 is 0 Å². The molecule has 21 heavy (non-hydrogen) atoms. The van der Waals surface area contributed by atoms with Gasteiger partial charge >= 0.3 is 0 Å². The fraction of sp³-hybridized carbons (Fsp3) is 0.375. The van der Waals surface area contributed by atoms with Gasteiger partial charge in [-0.15, -0.1) is 0 Å². The van der Waals surface area contributed by atoms with Gasteiger partial charge < -0.3 is 15.0 Å². The average Bonchev–Trinajstić information content (AvgIpc) is 2.52. The van der Waals surface area contributed by atoms with Crippen molar-refractivity contribution in [2.45, 2.75) is 6.42 Å². The van der Waals surface area contributed by atoms with Crippen molar-refractivity contribution in [1.82, 2.24) is 10.2 Å². The van der Waals surface area contributed by atoms with E-state index in [0.29, 0.717) is 18.7 Å². The normalized spacial score (nSPS) is 10.6. The molecule has 2 amide bonds. The molecule has 1 aromatic rings. The third-order valence-corrected chi connectivity index (χ3v) is 3.04. The number of carbonyl (C=O) groups excluding carboxylic acids is 2. The molecule has 0 aliphatic heterocycles. The average molecular weight is 290 g/mol. The van der Waals surface area contributed by atoms with E-state index in [0.717, 1.165) is 12.0 Å².